The van der Waals surface area contributed by atoms with Crippen LogP contribution in [0.25, 0.3) is 0 Å². The maximum atomic E-state index is 5.91. The third kappa shape index (κ3) is 4.10. The average molecular weight is 288 g/mol. The van der Waals surface area contributed by atoms with Gasteiger partial charge in [0.15, 0.2) is 0 Å². The molecule has 0 unspecified atom stereocenters. The molecule has 0 amide bonds. The summed E-state index contributed by atoms with van der Waals surface area (Å²) in [7, 11) is 0. The average Bonchev–Trinajstić information content (AvgIpc) is 2.45. The minimum atomic E-state index is 0.696. The molecule has 2 rings (SSSR count). The number of anilines is 3. The van der Waals surface area contributed by atoms with Gasteiger partial charge < -0.3 is 15.8 Å². The van der Waals surface area contributed by atoms with Gasteiger partial charge >= 0.3 is 0 Å². The highest BCUT2D eigenvalue weighted by atomic mass is 32.2. The quantitative estimate of drug-likeness (QED) is 0.606. The van der Waals surface area contributed by atoms with E-state index in [2.05, 4.69) is 42.8 Å². The van der Waals surface area contributed by atoms with Gasteiger partial charge in [0.2, 0.25) is 0 Å². The molecule has 0 heterocycles. The molecule has 2 aromatic rings. The van der Waals surface area contributed by atoms with Crippen molar-refractivity contribution < 1.29 is 4.74 Å². The van der Waals surface area contributed by atoms with Crippen molar-refractivity contribution in [2.45, 2.75) is 18.2 Å². The van der Waals surface area contributed by atoms with Crippen LogP contribution in [0.15, 0.2) is 47.4 Å². The molecule has 0 aliphatic rings. The first-order valence-corrected chi connectivity index (χ1v) is 7.88. The Bertz CT molecular complexity index is 555. The summed E-state index contributed by atoms with van der Waals surface area (Å²) in [5.41, 5.74) is 8.58. The molecule has 0 saturated heterocycles. The van der Waals surface area contributed by atoms with Gasteiger partial charge in [-0.15, -0.1) is 11.8 Å². The lowest BCUT2D eigenvalue weighted by Crippen LogP contribution is -1.98. The lowest BCUT2D eigenvalue weighted by Gasteiger charge is -2.11. The van der Waals surface area contributed by atoms with Gasteiger partial charge in [-0.2, -0.15) is 0 Å². The molecule has 0 aromatic heterocycles. The van der Waals surface area contributed by atoms with E-state index in [9.17, 15) is 0 Å². The van der Waals surface area contributed by atoms with Crippen LogP contribution in [0, 0.1) is 0 Å². The van der Waals surface area contributed by atoms with E-state index in [4.69, 9.17) is 10.5 Å². The van der Waals surface area contributed by atoms with Crippen molar-refractivity contribution in [2.75, 3.05) is 23.9 Å². The van der Waals surface area contributed by atoms with Crippen molar-refractivity contribution in [2.24, 2.45) is 0 Å². The van der Waals surface area contributed by atoms with Crippen molar-refractivity contribution in [3.05, 3.63) is 42.5 Å². The number of rotatable bonds is 6. The Hall–Kier alpha value is -1.81. The number of hydrogen-bond donors (Lipinski definition) is 2. The Morgan fingerprint density at radius 3 is 2.50 bits per heavy atom. The minimum Gasteiger partial charge on any atom is -0.493 e. The summed E-state index contributed by atoms with van der Waals surface area (Å²) >= 11 is 1.73. The van der Waals surface area contributed by atoms with Crippen LogP contribution in [-0.4, -0.2) is 12.9 Å². The Morgan fingerprint density at radius 1 is 1.10 bits per heavy atom. The van der Waals surface area contributed by atoms with E-state index in [-0.39, 0.29) is 0 Å². The lowest BCUT2D eigenvalue weighted by atomic mass is 10.2. The number of thioether (sulfide) groups is 1. The third-order valence-corrected chi connectivity index (χ3v) is 3.52. The predicted molar refractivity (Wildman–Crippen MR) is 88.1 cm³/mol. The van der Waals surface area contributed by atoms with E-state index in [1.165, 1.54) is 4.90 Å². The second kappa shape index (κ2) is 7.10. The molecule has 3 nitrogen and oxygen atoms in total. The third-order valence-electron chi connectivity index (χ3n) is 2.78. The van der Waals surface area contributed by atoms with E-state index in [0.717, 1.165) is 23.5 Å². The highest BCUT2D eigenvalue weighted by Crippen LogP contribution is 2.26. The van der Waals surface area contributed by atoms with Crippen LogP contribution in [0.1, 0.15) is 13.3 Å². The van der Waals surface area contributed by atoms with Crippen LogP contribution in [0.2, 0.25) is 0 Å². The molecular formula is C16H20N2OS. The molecule has 0 aliphatic heterocycles. The lowest BCUT2D eigenvalue weighted by molar-refractivity contribution is 0.318. The van der Waals surface area contributed by atoms with Gasteiger partial charge in [0.1, 0.15) is 5.75 Å². The van der Waals surface area contributed by atoms with Crippen LogP contribution < -0.4 is 15.8 Å². The number of benzene rings is 2. The molecule has 20 heavy (non-hydrogen) atoms. The van der Waals surface area contributed by atoms with Gasteiger partial charge in [0, 0.05) is 34.1 Å². The Morgan fingerprint density at radius 2 is 1.85 bits per heavy atom. The molecule has 106 valence electrons. The van der Waals surface area contributed by atoms with Crippen molar-refractivity contribution in [3.8, 4) is 5.75 Å². The van der Waals surface area contributed by atoms with Gasteiger partial charge in [-0.1, -0.05) is 6.92 Å². The summed E-state index contributed by atoms with van der Waals surface area (Å²) in [5, 5.41) is 3.34. The highest BCUT2D eigenvalue weighted by Gasteiger charge is 2.01. The Labute approximate surface area is 124 Å². The monoisotopic (exact) mass is 288 g/mol. The maximum Gasteiger partial charge on any atom is 0.123 e. The minimum absolute atomic E-state index is 0.696. The van der Waals surface area contributed by atoms with E-state index >= 15 is 0 Å². The number of hydrogen-bond acceptors (Lipinski definition) is 4. The second-order valence-corrected chi connectivity index (χ2v) is 5.37. The van der Waals surface area contributed by atoms with Crippen LogP contribution >= 0.6 is 11.8 Å². The first-order chi connectivity index (χ1) is 9.71. The van der Waals surface area contributed by atoms with Crippen LogP contribution in [0.5, 0.6) is 5.75 Å². The first kappa shape index (κ1) is 14.6. The maximum absolute atomic E-state index is 5.91. The van der Waals surface area contributed by atoms with E-state index in [1.54, 1.807) is 11.8 Å². The SMILES string of the molecule is CCCOc1cc(N)cc(Nc2ccc(SC)cc2)c1. The predicted octanol–water partition coefficient (Wildman–Crippen LogP) is 4.52. The number of nitrogens with two attached hydrogens (primary N) is 1. The van der Waals surface area contributed by atoms with E-state index in [1.807, 2.05) is 18.2 Å². The van der Waals surface area contributed by atoms with Gasteiger partial charge in [-0.25, -0.2) is 0 Å². The number of nitrogens with one attached hydrogen (secondary N) is 1. The zero-order chi connectivity index (χ0) is 14.4. The van der Waals surface area contributed by atoms with Gasteiger partial charge in [0.25, 0.3) is 0 Å². The zero-order valence-electron chi connectivity index (χ0n) is 11.8. The first-order valence-electron chi connectivity index (χ1n) is 6.65. The highest BCUT2D eigenvalue weighted by molar-refractivity contribution is 7.98. The fourth-order valence-electron chi connectivity index (χ4n) is 1.84. The van der Waals surface area contributed by atoms with Crippen LogP contribution in [0.4, 0.5) is 17.1 Å². The summed E-state index contributed by atoms with van der Waals surface area (Å²) in [6.45, 7) is 2.78. The molecule has 0 fully saturated rings. The summed E-state index contributed by atoms with van der Waals surface area (Å²) in [4.78, 5) is 1.25. The molecular weight excluding hydrogens is 268 g/mol. The van der Waals surface area contributed by atoms with Gasteiger partial charge in [0.05, 0.1) is 6.61 Å². The number of nitrogen functional groups attached to an aromatic ring is 1. The smallest absolute Gasteiger partial charge is 0.123 e. The molecule has 0 atom stereocenters. The van der Waals surface area contributed by atoms with Crippen molar-refractivity contribution >= 4 is 28.8 Å². The molecule has 0 spiro atoms. The zero-order valence-corrected chi connectivity index (χ0v) is 12.7. The molecule has 3 N–H and O–H groups in total. The van der Waals surface area contributed by atoms with Crippen LogP contribution in [-0.2, 0) is 0 Å². The fraction of sp³-hybridized carbons (Fsp3) is 0.250. The Balaban J connectivity index is 2.12. The number of ether oxygens (including phenoxy) is 1. The van der Waals surface area contributed by atoms with Crippen molar-refractivity contribution in [1.29, 1.82) is 0 Å². The summed E-state index contributed by atoms with van der Waals surface area (Å²) in [6.07, 6.45) is 3.05. The van der Waals surface area contributed by atoms with Gasteiger partial charge in [-0.3, -0.25) is 0 Å². The van der Waals surface area contributed by atoms with Gasteiger partial charge in [-0.05, 0) is 43.0 Å². The van der Waals surface area contributed by atoms with E-state index < -0.39 is 0 Å². The summed E-state index contributed by atoms with van der Waals surface area (Å²) in [6, 6.07) is 14.0. The normalized spacial score (nSPS) is 10.3. The summed E-state index contributed by atoms with van der Waals surface area (Å²) in [5.74, 6) is 0.801. The second-order valence-electron chi connectivity index (χ2n) is 4.49. The topological polar surface area (TPSA) is 47.3 Å². The molecule has 0 radical (unpaired) electrons. The van der Waals surface area contributed by atoms with Crippen LogP contribution in [0.3, 0.4) is 0 Å². The molecule has 0 saturated carbocycles. The molecule has 0 bridgehead atoms. The fourth-order valence-corrected chi connectivity index (χ4v) is 2.25. The Kier molecular flexibility index (Phi) is 5.18. The summed E-state index contributed by atoms with van der Waals surface area (Å²) < 4.78 is 5.63. The van der Waals surface area contributed by atoms with E-state index in [0.29, 0.717) is 12.3 Å². The molecule has 0 aliphatic carbocycles. The standard InChI is InChI=1S/C16H20N2OS/c1-3-8-19-15-10-12(17)9-14(11-15)18-13-4-6-16(20-2)7-5-13/h4-7,9-11,18H,3,8,17H2,1-2H3. The molecule has 2 aromatic carbocycles. The van der Waals surface area contributed by atoms with Crippen molar-refractivity contribution in [1.82, 2.24) is 0 Å². The molecule has 4 heteroatoms. The largest absolute Gasteiger partial charge is 0.493 e. The van der Waals surface area contributed by atoms with Crippen molar-refractivity contribution in [3.63, 3.8) is 0 Å².